The Hall–Kier alpha value is -1.56. The van der Waals surface area contributed by atoms with Crippen LogP contribution in [0.3, 0.4) is 0 Å². The highest BCUT2D eigenvalue weighted by atomic mass is 79.9. The molecule has 0 spiro atoms. The van der Waals surface area contributed by atoms with E-state index >= 15 is 0 Å². The van der Waals surface area contributed by atoms with E-state index in [-0.39, 0.29) is 0 Å². The SMILES string of the molecule is O=C(O)N1CCC(n2cc3cc(Br)ccc3n2)CC1. The molecule has 1 aliphatic rings. The largest absolute Gasteiger partial charge is 0.465 e. The summed E-state index contributed by atoms with van der Waals surface area (Å²) in [5.41, 5.74) is 0.976. The van der Waals surface area contributed by atoms with Gasteiger partial charge in [-0.15, -0.1) is 0 Å². The Balaban J connectivity index is 1.80. The van der Waals surface area contributed by atoms with Crippen LogP contribution in [0.1, 0.15) is 18.9 Å². The summed E-state index contributed by atoms with van der Waals surface area (Å²) in [6.45, 7) is 1.17. The molecule has 3 rings (SSSR count). The quantitative estimate of drug-likeness (QED) is 0.877. The van der Waals surface area contributed by atoms with Crippen LogP contribution in [0.5, 0.6) is 0 Å². The Morgan fingerprint density at radius 2 is 2.11 bits per heavy atom. The molecule has 2 heterocycles. The average molecular weight is 324 g/mol. The molecule has 0 unspecified atom stereocenters. The lowest BCUT2D eigenvalue weighted by molar-refractivity contribution is 0.124. The van der Waals surface area contributed by atoms with Crippen LogP contribution in [0, 0.1) is 0 Å². The molecule has 2 aromatic rings. The number of benzene rings is 1. The first-order valence-corrected chi connectivity index (χ1v) is 7.05. The molecule has 1 aliphatic heterocycles. The summed E-state index contributed by atoms with van der Waals surface area (Å²) in [6.07, 6.45) is 2.86. The maximum Gasteiger partial charge on any atom is 0.407 e. The molecule has 1 fully saturated rings. The average Bonchev–Trinajstić information content (AvgIpc) is 2.81. The number of carboxylic acid groups (broad SMARTS) is 1. The number of halogens is 1. The molecule has 5 nitrogen and oxygen atoms in total. The second-order valence-corrected chi connectivity index (χ2v) is 5.73. The lowest BCUT2D eigenvalue weighted by atomic mass is 10.1. The lowest BCUT2D eigenvalue weighted by Crippen LogP contribution is -2.38. The molecule has 0 bridgehead atoms. The van der Waals surface area contributed by atoms with E-state index in [0.717, 1.165) is 28.2 Å². The van der Waals surface area contributed by atoms with E-state index in [0.29, 0.717) is 19.1 Å². The number of fused-ring (bicyclic) bond motifs is 1. The number of rotatable bonds is 1. The van der Waals surface area contributed by atoms with Crippen molar-refractivity contribution in [2.24, 2.45) is 0 Å². The van der Waals surface area contributed by atoms with E-state index in [9.17, 15) is 4.79 Å². The third-order valence-corrected chi connectivity index (χ3v) is 4.09. The van der Waals surface area contributed by atoms with Crippen molar-refractivity contribution in [3.05, 3.63) is 28.9 Å². The number of hydrogen-bond donors (Lipinski definition) is 1. The highest BCUT2D eigenvalue weighted by Crippen LogP contribution is 2.25. The van der Waals surface area contributed by atoms with Gasteiger partial charge in [-0.05, 0) is 31.0 Å². The topological polar surface area (TPSA) is 58.4 Å². The molecule has 0 radical (unpaired) electrons. The van der Waals surface area contributed by atoms with Gasteiger partial charge in [0, 0.05) is 29.1 Å². The van der Waals surface area contributed by atoms with Gasteiger partial charge < -0.3 is 10.0 Å². The van der Waals surface area contributed by atoms with Crippen molar-refractivity contribution in [3.8, 4) is 0 Å². The summed E-state index contributed by atoms with van der Waals surface area (Å²) in [7, 11) is 0. The van der Waals surface area contributed by atoms with Crippen molar-refractivity contribution in [2.45, 2.75) is 18.9 Å². The Bertz CT molecular complexity index is 617. The zero-order valence-electron chi connectivity index (χ0n) is 10.3. The second-order valence-electron chi connectivity index (χ2n) is 4.81. The number of likely N-dealkylation sites (tertiary alicyclic amines) is 1. The number of aromatic nitrogens is 2. The van der Waals surface area contributed by atoms with Crippen molar-refractivity contribution >= 4 is 32.9 Å². The van der Waals surface area contributed by atoms with Crippen LogP contribution in [0.15, 0.2) is 28.9 Å². The first-order valence-electron chi connectivity index (χ1n) is 6.26. The minimum absolute atomic E-state index is 0.293. The summed E-state index contributed by atoms with van der Waals surface area (Å²) >= 11 is 3.45. The fourth-order valence-electron chi connectivity index (χ4n) is 2.52. The van der Waals surface area contributed by atoms with Crippen LogP contribution in [-0.4, -0.2) is 39.0 Å². The number of nitrogens with zero attached hydrogens (tertiary/aromatic N) is 3. The maximum atomic E-state index is 10.9. The van der Waals surface area contributed by atoms with Gasteiger partial charge in [0.1, 0.15) is 0 Å². The summed E-state index contributed by atoms with van der Waals surface area (Å²) in [6, 6.07) is 6.31. The molecule has 1 N–H and O–H groups in total. The zero-order chi connectivity index (χ0) is 13.4. The van der Waals surface area contributed by atoms with Crippen molar-refractivity contribution < 1.29 is 9.90 Å². The highest BCUT2D eigenvalue weighted by Gasteiger charge is 2.23. The molecule has 100 valence electrons. The zero-order valence-corrected chi connectivity index (χ0v) is 11.9. The molecule has 0 saturated carbocycles. The van der Waals surface area contributed by atoms with E-state index in [2.05, 4.69) is 21.0 Å². The molecular weight excluding hydrogens is 310 g/mol. The van der Waals surface area contributed by atoms with E-state index < -0.39 is 6.09 Å². The monoisotopic (exact) mass is 323 g/mol. The van der Waals surface area contributed by atoms with E-state index in [1.807, 2.05) is 29.1 Å². The van der Waals surface area contributed by atoms with Crippen molar-refractivity contribution in [2.75, 3.05) is 13.1 Å². The molecule has 1 amide bonds. The van der Waals surface area contributed by atoms with Gasteiger partial charge in [0.05, 0.1) is 11.6 Å². The molecule has 0 aliphatic carbocycles. The van der Waals surface area contributed by atoms with E-state index in [1.165, 1.54) is 4.90 Å². The molecular formula is C13H14BrN3O2. The number of piperidine rings is 1. The standard InChI is InChI=1S/C13H14BrN3O2/c14-10-1-2-12-9(7-10)8-17(15-12)11-3-5-16(6-4-11)13(18)19/h1-2,7-8,11H,3-6H2,(H,18,19). The Morgan fingerprint density at radius 3 is 2.79 bits per heavy atom. The Labute approximate surface area is 118 Å². The molecule has 1 saturated heterocycles. The number of carbonyl (C=O) groups is 1. The van der Waals surface area contributed by atoms with E-state index in [4.69, 9.17) is 5.11 Å². The van der Waals surface area contributed by atoms with Crippen molar-refractivity contribution in [1.82, 2.24) is 14.7 Å². The highest BCUT2D eigenvalue weighted by molar-refractivity contribution is 9.10. The van der Waals surface area contributed by atoms with Gasteiger partial charge >= 0.3 is 6.09 Å². The van der Waals surface area contributed by atoms with Crippen LogP contribution >= 0.6 is 15.9 Å². The minimum atomic E-state index is -0.826. The minimum Gasteiger partial charge on any atom is -0.465 e. The third-order valence-electron chi connectivity index (χ3n) is 3.59. The molecule has 6 heteroatoms. The van der Waals surface area contributed by atoms with Crippen LogP contribution in [0.25, 0.3) is 10.9 Å². The van der Waals surface area contributed by atoms with Crippen LogP contribution in [0.2, 0.25) is 0 Å². The Kier molecular flexibility index (Phi) is 3.18. The van der Waals surface area contributed by atoms with Crippen molar-refractivity contribution in [1.29, 1.82) is 0 Å². The first-order chi connectivity index (χ1) is 9.13. The fraction of sp³-hybridized carbons (Fsp3) is 0.385. The predicted octanol–water partition coefficient (Wildman–Crippen LogP) is 3.11. The third kappa shape index (κ3) is 2.45. The predicted molar refractivity (Wildman–Crippen MR) is 75.3 cm³/mol. The molecule has 1 aromatic heterocycles. The molecule has 1 aromatic carbocycles. The van der Waals surface area contributed by atoms with Gasteiger partial charge in [-0.2, -0.15) is 5.10 Å². The number of hydrogen-bond acceptors (Lipinski definition) is 2. The van der Waals surface area contributed by atoms with Gasteiger partial charge in [0.25, 0.3) is 0 Å². The van der Waals surface area contributed by atoms with Gasteiger partial charge in [-0.25, -0.2) is 4.79 Å². The van der Waals surface area contributed by atoms with Crippen molar-refractivity contribution in [3.63, 3.8) is 0 Å². The summed E-state index contributed by atoms with van der Waals surface area (Å²) in [5, 5.41) is 14.6. The fourth-order valence-corrected chi connectivity index (χ4v) is 2.90. The van der Waals surface area contributed by atoms with Gasteiger partial charge in [0.2, 0.25) is 0 Å². The first kappa shape index (κ1) is 12.5. The van der Waals surface area contributed by atoms with Gasteiger partial charge in [-0.1, -0.05) is 15.9 Å². The smallest absolute Gasteiger partial charge is 0.407 e. The van der Waals surface area contributed by atoms with Crippen LogP contribution < -0.4 is 0 Å². The van der Waals surface area contributed by atoms with E-state index in [1.54, 1.807) is 0 Å². The molecule has 19 heavy (non-hydrogen) atoms. The van der Waals surface area contributed by atoms with Gasteiger partial charge in [0.15, 0.2) is 0 Å². The maximum absolute atomic E-state index is 10.9. The van der Waals surface area contributed by atoms with Gasteiger partial charge in [-0.3, -0.25) is 4.68 Å². The molecule has 0 atom stereocenters. The lowest BCUT2D eigenvalue weighted by Gasteiger charge is -2.29. The summed E-state index contributed by atoms with van der Waals surface area (Å²) < 4.78 is 3.02. The Morgan fingerprint density at radius 1 is 1.37 bits per heavy atom. The number of amides is 1. The normalized spacial score (nSPS) is 17.0. The van der Waals surface area contributed by atoms with Crippen LogP contribution in [-0.2, 0) is 0 Å². The summed E-state index contributed by atoms with van der Waals surface area (Å²) in [4.78, 5) is 12.3. The van der Waals surface area contributed by atoms with Crippen LogP contribution in [0.4, 0.5) is 4.79 Å². The summed E-state index contributed by atoms with van der Waals surface area (Å²) in [5.74, 6) is 0. The second kappa shape index (κ2) is 4.85.